The number of hydrogen-bond acceptors (Lipinski definition) is 5. The molecule has 0 bridgehead atoms. The third kappa shape index (κ3) is 2.92. The van der Waals surface area contributed by atoms with Crippen LogP contribution in [-0.4, -0.2) is 15.1 Å². The van der Waals surface area contributed by atoms with Crippen molar-refractivity contribution in [3.8, 4) is 0 Å². The smallest absolute Gasteiger partial charge is 0.243 e. The molecule has 2 aromatic rings. The van der Waals surface area contributed by atoms with Crippen LogP contribution < -0.4 is 5.73 Å². The van der Waals surface area contributed by atoms with Gasteiger partial charge >= 0.3 is 0 Å². The van der Waals surface area contributed by atoms with Crippen molar-refractivity contribution in [2.45, 2.75) is 32.7 Å². The summed E-state index contributed by atoms with van der Waals surface area (Å²) in [5, 5.41) is 3.94. The quantitative estimate of drug-likeness (QED) is 0.874. The molecular formula is C13H18N4O. The Hall–Kier alpha value is -1.75. The Labute approximate surface area is 106 Å². The van der Waals surface area contributed by atoms with E-state index in [9.17, 15) is 0 Å². The van der Waals surface area contributed by atoms with Crippen LogP contribution in [0.5, 0.6) is 0 Å². The second-order valence-electron chi connectivity index (χ2n) is 4.46. The van der Waals surface area contributed by atoms with Crippen LogP contribution in [0.25, 0.3) is 0 Å². The number of rotatable bonds is 5. The van der Waals surface area contributed by atoms with E-state index in [1.54, 1.807) is 6.20 Å². The van der Waals surface area contributed by atoms with Crippen molar-refractivity contribution in [2.24, 2.45) is 11.7 Å². The Morgan fingerprint density at radius 1 is 1.39 bits per heavy atom. The maximum absolute atomic E-state index is 6.04. The van der Waals surface area contributed by atoms with Crippen LogP contribution >= 0.6 is 0 Å². The molecule has 0 saturated carbocycles. The van der Waals surface area contributed by atoms with E-state index >= 15 is 0 Å². The van der Waals surface area contributed by atoms with Gasteiger partial charge in [-0.25, -0.2) is 0 Å². The lowest BCUT2D eigenvalue weighted by atomic mass is 10.0. The highest BCUT2D eigenvalue weighted by Crippen LogP contribution is 2.20. The van der Waals surface area contributed by atoms with Crippen molar-refractivity contribution in [1.82, 2.24) is 15.1 Å². The normalized spacial score (nSPS) is 14.4. The van der Waals surface area contributed by atoms with Crippen LogP contribution in [0.15, 0.2) is 28.9 Å². The average Bonchev–Trinajstić information content (AvgIpc) is 2.86. The van der Waals surface area contributed by atoms with Crippen molar-refractivity contribution < 1.29 is 4.52 Å². The summed E-state index contributed by atoms with van der Waals surface area (Å²) in [6, 6.07) is 5.56. The first-order valence-corrected chi connectivity index (χ1v) is 6.18. The Balaban J connectivity index is 2.07. The van der Waals surface area contributed by atoms with Gasteiger partial charge in [-0.15, -0.1) is 0 Å². The summed E-state index contributed by atoms with van der Waals surface area (Å²) in [5.41, 5.74) is 6.96. The summed E-state index contributed by atoms with van der Waals surface area (Å²) in [7, 11) is 0. The fraction of sp³-hybridized carbons (Fsp3) is 0.462. The van der Waals surface area contributed by atoms with Crippen LogP contribution in [0, 0.1) is 5.92 Å². The molecule has 0 saturated heterocycles. The van der Waals surface area contributed by atoms with Crippen molar-refractivity contribution in [3.05, 3.63) is 41.8 Å². The lowest BCUT2D eigenvalue weighted by Gasteiger charge is -2.12. The molecule has 0 amide bonds. The van der Waals surface area contributed by atoms with Gasteiger partial charge in [0.2, 0.25) is 5.89 Å². The molecule has 0 aromatic carbocycles. The van der Waals surface area contributed by atoms with Crippen LogP contribution in [0.4, 0.5) is 0 Å². The van der Waals surface area contributed by atoms with E-state index in [0.29, 0.717) is 24.1 Å². The second kappa shape index (κ2) is 5.73. The highest BCUT2D eigenvalue weighted by molar-refractivity contribution is 5.09. The van der Waals surface area contributed by atoms with Crippen molar-refractivity contribution >= 4 is 0 Å². The predicted octanol–water partition coefficient (Wildman–Crippen LogP) is 2.10. The number of aromatic nitrogens is 3. The third-order valence-corrected chi connectivity index (χ3v) is 3.09. The zero-order valence-corrected chi connectivity index (χ0v) is 10.7. The maximum Gasteiger partial charge on any atom is 0.243 e. The van der Waals surface area contributed by atoms with Gasteiger partial charge in [-0.05, 0) is 18.1 Å². The largest absolute Gasteiger partial charge is 0.338 e. The molecule has 5 nitrogen and oxygen atoms in total. The van der Waals surface area contributed by atoms with Gasteiger partial charge in [0, 0.05) is 11.9 Å². The zero-order valence-electron chi connectivity index (χ0n) is 10.7. The van der Waals surface area contributed by atoms with Crippen LogP contribution in [0.1, 0.15) is 43.7 Å². The minimum Gasteiger partial charge on any atom is -0.338 e. The van der Waals surface area contributed by atoms with Crippen LogP contribution in [0.3, 0.4) is 0 Å². The summed E-state index contributed by atoms with van der Waals surface area (Å²) >= 11 is 0. The molecule has 0 aliphatic rings. The van der Waals surface area contributed by atoms with Gasteiger partial charge in [0.15, 0.2) is 5.82 Å². The molecule has 2 aromatic heterocycles. The topological polar surface area (TPSA) is 77.8 Å². The molecule has 2 N–H and O–H groups in total. The third-order valence-electron chi connectivity index (χ3n) is 3.09. The molecule has 0 fully saturated rings. The molecule has 2 rings (SSSR count). The Morgan fingerprint density at radius 2 is 2.22 bits per heavy atom. The van der Waals surface area contributed by atoms with Gasteiger partial charge in [0.05, 0.1) is 12.5 Å². The summed E-state index contributed by atoms with van der Waals surface area (Å²) < 4.78 is 5.21. The van der Waals surface area contributed by atoms with Crippen LogP contribution in [0.2, 0.25) is 0 Å². The van der Waals surface area contributed by atoms with E-state index < -0.39 is 0 Å². The van der Waals surface area contributed by atoms with E-state index in [1.165, 1.54) is 0 Å². The van der Waals surface area contributed by atoms with Crippen LogP contribution in [-0.2, 0) is 6.42 Å². The summed E-state index contributed by atoms with van der Waals surface area (Å²) in [6.45, 7) is 4.17. The van der Waals surface area contributed by atoms with Gasteiger partial charge in [-0.1, -0.05) is 31.5 Å². The van der Waals surface area contributed by atoms with E-state index in [0.717, 1.165) is 12.1 Å². The maximum atomic E-state index is 6.04. The minimum atomic E-state index is -0.194. The number of nitrogens with zero attached hydrogens (tertiary/aromatic N) is 3. The van der Waals surface area contributed by atoms with Gasteiger partial charge < -0.3 is 10.3 Å². The molecule has 0 spiro atoms. The van der Waals surface area contributed by atoms with E-state index in [1.807, 2.05) is 18.2 Å². The van der Waals surface area contributed by atoms with E-state index in [4.69, 9.17) is 10.3 Å². The molecule has 5 heteroatoms. The fourth-order valence-electron chi connectivity index (χ4n) is 1.64. The summed E-state index contributed by atoms with van der Waals surface area (Å²) in [5.74, 6) is 1.46. The number of nitrogens with two attached hydrogens (primary N) is 1. The molecular weight excluding hydrogens is 228 g/mol. The van der Waals surface area contributed by atoms with Gasteiger partial charge in [0.1, 0.15) is 0 Å². The standard InChI is InChI=1S/C13H18N4O/c1-3-9(2)12(14)13-16-11(17-18-13)8-10-6-4-5-7-15-10/h4-7,9,12H,3,8,14H2,1-2H3. The van der Waals surface area contributed by atoms with E-state index in [-0.39, 0.29) is 6.04 Å². The van der Waals surface area contributed by atoms with Gasteiger partial charge in [0.25, 0.3) is 0 Å². The monoisotopic (exact) mass is 246 g/mol. The molecule has 96 valence electrons. The first kappa shape index (κ1) is 12.7. The number of hydrogen-bond donors (Lipinski definition) is 1. The lowest BCUT2D eigenvalue weighted by molar-refractivity contribution is 0.310. The van der Waals surface area contributed by atoms with E-state index in [2.05, 4.69) is 29.0 Å². The first-order valence-electron chi connectivity index (χ1n) is 6.18. The molecule has 0 radical (unpaired) electrons. The average molecular weight is 246 g/mol. The van der Waals surface area contributed by atoms with Gasteiger partial charge in [-0.2, -0.15) is 4.98 Å². The molecule has 2 atom stereocenters. The Morgan fingerprint density at radius 3 is 2.89 bits per heavy atom. The number of pyridine rings is 1. The molecule has 2 heterocycles. The predicted molar refractivity (Wildman–Crippen MR) is 67.7 cm³/mol. The zero-order chi connectivity index (χ0) is 13.0. The second-order valence-corrected chi connectivity index (χ2v) is 4.46. The van der Waals surface area contributed by atoms with Crippen molar-refractivity contribution in [1.29, 1.82) is 0 Å². The Bertz CT molecular complexity index is 483. The van der Waals surface area contributed by atoms with Crippen molar-refractivity contribution in [2.75, 3.05) is 0 Å². The highest BCUT2D eigenvalue weighted by atomic mass is 16.5. The molecule has 18 heavy (non-hydrogen) atoms. The minimum absolute atomic E-state index is 0.194. The first-order chi connectivity index (χ1) is 8.70. The molecule has 0 aliphatic heterocycles. The molecule has 2 unspecified atom stereocenters. The summed E-state index contributed by atoms with van der Waals surface area (Å²) in [4.78, 5) is 8.56. The van der Waals surface area contributed by atoms with Crippen molar-refractivity contribution in [3.63, 3.8) is 0 Å². The fourth-order valence-corrected chi connectivity index (χ4v) is 1.64. The Kier molecular flexibility index (Phi) is 4.04. The van der Waals surface area contributed by atoms with Gasteiger partial charge in [-0.3, -0.25) is 4.98 Å². The summed E-state index contributed by atoms with van der Waals surface area (Å²) in [6.07, 6.45) is 3.30. The SMILES string of the molecule is CCC(C)C(N)c1nc(Cc2ccccn2)no1. The highest BCUT2D eigenvalue weighted by Gasteiger charge is 2.20. The molecule has 0 aliphatic carbocycles. The lowest BCUT2D eigenvalue weighted by Crippen LogP contribution is -2.18.